The van der Waals surface area contributed by atoms with E-state index < -0.39 is 0 Å². The van der Waals surface area contributed by atoms with Crippen molar-refractivity contribution < 1.29 is 0 Å². The molecule has 6 nitrogen and oxygen atoms in total. The second-order valence-corrected chi connectivity index (χ2v) is 8.01. The summed E-state index contributed by atoms with van der Waals surface area (Å²) >= 11 is 0. The number of hydrogen-bond donors (Lipinski definition) is 2. The zero-order chi connectivity index (χ0) is 20.3. The van der Waals surface area contributed by atoms with E-state index in [1.54, 1.807) is 0 Å². The predicted molar refractivity (Wildman–Crippen MR) is 120 cm³/mol. The van der Waals surface area contributed by atoms with Crippen molar-refractivity contribution in [3.8, 4) is 0 Å². The molecule has 0 bridgehead atoms. The van der Waals surface area contributed by atoms with E-state index >= 15 is 0 Å². The minimum atomic E-state index is 0.601. The van der Waals surface area contributed by atoms with Crippen LogP contribution in [-0.2, 0) is 13.1 Å². The van der Waals surface area contributed by atoms with Crippen LogP contribution in [0.2, 0.25) is 0 Å². The lowest BCUT2D eigenvalue weighted by molar-refractivity contribution is 0.201. The first kappa shape index (κ1) is 21.4. The van der Waals surface area contributed by atoms with Gasteiger partial charge in [-0.25, -0.2) is 4.99 Å². The molecule has 29 heavy (non-hydrogen) atoms. The topological polar surface area (TPSA) is 57.5 Å². The first-order chi connectivity index (χ1) is 14.2. The first-order valence-corrected chi connectivity index (χ1v) is 11.0. The Morgan fingerprint density at radius 3 is 2.62 bits per heavy atom. The molecule has 1 fully saturated rings. The summed E-state index contributed by atoms with van der Waals surface area (Å²) in [6.45, 7) is 11.3. The number of benzene rings is 1. The van der Waals surface area contributed by atoms with Gasteiger partial charge in [-0.3, -0.25) is 4.68 Å². The molecule has 3 rings (SSSR count). The highest BCUT2D eigenvalue weighted by molar-refractivity contribution is 5.79. The lowest BCUT2D eigenvalue weighted by Gasteiger charge is -2.29. The van der Waals surface area contributed by atoms with Crippen LogP contribution in [-0.4, -0.2) is 53.4 Å². The molecule has 2 N–H and O–H groups in total. The third-order valence-electron chi connectivity index (χ3n) is 5.40. The highest BCUT2D eigenvalue weighted by Crippen LogP contribution is 2.12. The van der Waals surface area contributed by atoms with Crippen molar-refractivity contribution >= 4 is 5.96 Å². The second-order valence-electron chi connectivity index (χ2n) is 8.01. The largest absolute Gasteiger partial charge is 0.357 e. The number of nitrogens with one attached hydrogen (secondary N) is 2. The average molecular weight is 397 g/mol. The molecule has 1 atom stereocenters. The fourth-order valence-corrected chi connectivity index (χ4v) is 3.86. The van der Waals surface area contributed by atoms with Gasteiger partial charge in [0.2, 0.25) is 0 Å². The third-order valence-corrected chi connectivity index (χ3v) is 5.40. The van der Waals surface area contributed by atoms with Crippen molar-refractivity contribution in [1.29, 1.82) is 0 Å². The van der Waals surface area contributed by atoms with Gasteiger partial charge in [0.05, 0.1) is 13.1 Å². The Kier molecular flexibility index (Phi) is 8.56. The molecule has 2 aromatic rings. The standard InChI is InChI=1S/C23H36N6/c1-3-24-23(25-16-20(2)18-28-13-7-4-8-14-28)26-17-21-10-5-6-11-22(21)19-29-15-9-12-27-29/h5-6,9-12,15,20H,3-4,7-8,13-14,16-19H2,1-2H3,(H2,24,25,26). The molecule has 1 saturated heterocycles. The van der Waals surface area contributed by atoms with Gasteiger partial charge in [-0.15, -0.1) is 0 Å². The lowest BCUT2D eigenvalue weighted by atomic mass is 10.1. The summed E-state index contributed by atoms with van der Waals surface area (Å²) in [6.07, 6.45) is 7.90. The number of aromatic nitrogens is 2. The molecular formula is C23H36N6. The summed E-state index contributed by atoms with van der Waals surface area (Å²) in [5.41, 5.74) is 2.50. The Morgan fingerprint density at radius 2 is 1.90 bits per heavy atom. The van der Waals surface area contributed by atoms with Crippen LogP contribution in [0.5, 0.6) is 0 Å². The molecular weight excluding hydrogens is 360 g/mol. The van der Waals surface area contributed by atoms with E-state index in [9.17, 15) is 0 Å². The molecule has 0 radical (unpaired) electrons. The summed E-state index contributed by atoms with van der Waals surface area (Å²) in [4.78, 5) is 7.45. The molecule has 0 saturated carbocycles. The molecule has 0 aliphatic carbocycles. The van der Waals surface area contributed by atoms with E-state index in [2.05, 4.69) is 58.7 Å². The Hall–Kier alpha value is -2.34. The first-order valence-electron chi connectivity index (χ1n) is 11.0. The number of likely N-dealkylation sites (tertiary alicyclic amines) is 1. The molecule has 0 amide bonds. The third kappa shape index (κ3) is 7.20. The van der Waals surface area contributed by atoms with Crippen LogP contribution in [0.1, 0.15) is 44.2 Å². The molecule has 1 aromatic carbocycles. The van der Waals surface area contributed by atoms with Crippen LogP contribution >= 0.6 is 0 Å². The van der Waals surface area contributed by atoms with Gasteiger partial charge in [-0.2, -0.15) is 5.10 Å². The van der Waals surface area contributed by atoms with Crippen molar-refractivity contribution in [3.05, 3.63) is 53.9 Å². The summed E-state index contributed by atoms with van der Waals surface area (Å²) in [5.74, 6) is 1.50. The zero-order valence-corrected chi connectivity index (χ0v) is 18.0. The Balaban J connectivity index is 1.54. The lowest BCUT2D eigenvalue weighted by Crippen LogP contribution is -2.42. The number of rotatable bonds is 9. The minimum absolute atomic E-state index is 0.601. The summed E-state index contributed by atoms with van der Waals surface area (Å²) in [7, 11) is 0. The molecule has 158 valence electrons. The van der Waals surface area contributed by atoms with Crippen LogP contribution in [0.15, 0.2) is 47.7 Å². The van der Waals surface area contributed by atoms with Crippen LogP contribution in [0.4, 0.5) is 0 Å². The smallest absolute Gasteiger partial charge is 0.191 e. The SMILES string of the molecule is CCNC(=NCc1ccccc1Cn1cccn1)NCC(C)CN1CCCCC1. The minimum Gasteiger partial charge on any atom is -0.357 e. The second kappa shape index (κ2) is 11.6. The average Bonchev–Trinajstić information content (AvgIpc) is 3.25. The van der Waals surface area contributed by atoms with Gasteiger partial charge >= 0.3 is 0 Å². The van der Waals surface area contributed by atoms with Gasteiger partial charge in [-0.1, -0.05) is 37.6 Å². The van der Waals surface area contributed by atoms with E-state index in [0.29, 0.717) is 12.5 Å². The van der Waals surface area contributed by atoms with Crippen LogP contribution in [0, 0.1) is 5.92 Å². The number of guanidine groups is 1. The normalized spacial score (nSPS) is 16.6. The quantitative estimate of drug-likeness (QED) is 0.505. The van der Waals surface area contributed by atoms with E-state index in [4.69, 9.17) is 4.99 Å². The maximum Gasteiger partial charge on any atom is 0.191 e. The molecule has 6 heteroatoms. The highest BCUT2D eigenvalue weighted by atomic mass is 15.3. The number of nitrogens with zero attached hydrogens (tertiary/aromatic N) is 4. The molecule has 2 heterocycles. The van der Waals surface area contributed by atoms with Crippen molar-refractivity contribution in [2.75, 3.05) is 32.7 Å². The summed E-state index contributed by atoms with van der Waals surface area (Å²) in [6, 6.07) is 10.4. The highest BCUT2D eigenvalue weighted by Gasteiger charge is 2.13. The fraction of sp³-hybridized carbons (Fsp3) is 0.565. The van der Waals surface area contributed by atoms with Crippen molar-refractivity contribution in [2.45, 2.75) is 46.2 Å². The van der Waals surface area contributed by atoms with Crippen LogP contribution in [0.3, 0.4) is 0 Å². The Morgan fingerprint density at radius 1 is 1.10 bits per heavy atom. The fourth-order valence-electron chi connectivity index (χ4n) is 3.86. The Bertz CT molecular complexity index is 734. The van der Waals surface area contributed by atoms with E-state index in [-0.39, 0.29) is 0 Å². The molecule has 1 aliphatic heterocycles. The Labute approximate surface area is 175 Å². The van der Waals surface area contributed by atoms with Gasteiger partial charge in [0, 0.05) is 32.0 Å². The number of aliphatic imine (C=N–C) groups is 1. The van der Waals surface area contributed by atoms with Gasteiger partial charge < -0.3 is 15.5 Å². The van der Waals surface area contributed by atoms with E-state index in [1.165, 1.54) is 50.0 Å². The van der Waals surface area contributed by atoms with Gasteiger partial charge in [0.25, 0.3) is 0 Å². The van der Waals surface area contributed by atoms with Gasteiger partial charge in [0.15, 0.2) is 5.96 Å². The predicted octanol–water partition coefficient (Wildman–Crippen LogP) is 3.11. The van der Waals surface area contributed by atoms with Gasteiger partial charge in [0.1, 0.15) is 0 Å². The van der Waals surface area contributed by atoms with E-state index in [1.807, 2.05) is 23.1 Å². The maximum absolute atomic E-state index is 4.84. The summed E-state index contributed by atoms with van der Waals surface area (Å²) < 4.78 is 1.95. The molecule has 1 unspecified atom stereocenters. The molecule has 1 aromatic heterocycles. The van der Waals surface area contributed by atoms with E-state index in [0.717, 1.165) is 25.6 Å². The van der Waals surface area contributed by atoms with Crippen molar-refractivity contribution in [2.24, 2.45) is 10.9 Å². The molecule has 1 aliphatic rings. The molecule has 0 spiro atoms. The van der Waals surface area contributed by atoms with Crippen LogP contribution in [0.25, 0.3) is 0 Å². The van der Waals surface area contributed by atoms with Crippen LogP contribution < -0.4 is 10.6 Å². The monoisotopic (exact) mass is 396 g/mol. The van der Waals surface area contributed by atoms with Gasteiger partial charge in [-0.05, 0) is 56.0 Å². The number of piperidine rings is 1. The van der Waals surface area contributed by atoms with Crippen molar-refractivity contribution in [1.82, 2.24) is 25.3 Å². The maximum atomic E-state index is 4.84. The van der Waals surface area contributed by atoms with Crippen molar-refractivity contribution in [3.63, 3.8) is 0 Å². The number of hydrogen-bond acceptors (Lipinski definition) is 3. The zero-order valence-electron chi connectivity index (χ0n) is 18.0. The summed E-state index contributed by atoms with van der Waals surface area (Å²) in [5, 5.41) is 11.3.